The van der Waals surface area contributed by atoms with Gasteiger partial charge in [0.1, 0.15) is 5.82 Å². The van der Waals surface area contributed by atoms with Gasteiger partial charge in [-0.15, -0.1) is 0 Å². The third kappa shape index (κ3) is 8.01. The van der Waals surface area contributed by atoms with Crippen molar-refractivity contribution in [3.63, 3.8) is 0 Å². The number of aryl methyl sites for hydroxylation is 1. The highest BCUT2D eigenvalue weighted by molar-refractivity contribution is 6.14. The number of halogens is 1. The van der Waals surface area contributed by atoms with Crippen LogP contribution >= 0.6 is 0 Å². The molecule has 2 unspecified atom stereocenters. The van der Waals surface area contributed by atoms with Crippen molar-refractivity contribution in [3.05, 3.63) is 71.4 Å². The van der Waals surface area contributed by atoms with E-state index in [2.05, 4.69) is 31.5 Å². The number of benzene rings is 1. The largest absolute Gasteiger partial charge is 0.390 e. The lowest BCUT2D eigenvalue weighted by molar-refractivity contribution is 0.0988. The Morgan fingerprint density at radius 2 is 2.12 bits per heavy atom. The third-order valence-electron chi connectivity index (χ3n) is 4.63. The van der Waals surface area contributed by atoms with Crippen LogP contribution in [0.15, 0.2) is 53.9 Å². The molecule has 0 bridgehead atoms. The highest BCUT2D eigenvalue weighted by atomic mass is 19.1. The van der Waals surface area contributed by atoms with Crippen LogP contribution in [-0.4, -0.2) is 49.4 Å². The number of ketones is 1. The number of rotatable bonds is 13. The van der Waals surface area contributed by atoms with Crippen LogP contribution in [0.4, 0.5) is 10.1 Å². The van der Waals surface area contributed by atoms with E-state index in [1.807, 2.05) is 38.3 Å². The molecule has 0 aliphatic heterocycles. The molecule has 2 rings (SSSR count). The summed E-state index contributed by atoms with van der Waals surface area (Å²) in [7, 11) is 1.81. The molecule has 8 nitrogen and oxygen atoms in total. The lowest BCUT2D eigenvalue weighted by Gasteiger charge is -2.15. The van der Waals surface area contributed by atoms with Gasteiger partial charge in [-0.2, -0.15) is 5.10 Å². The van der Waals surface area contributed by atoms with Crippen molar-refractivity contribution in [2.24, 2.45) is 5.10 Å². The second-order valence-corrected chi connectivity index (χ2v) is 7.25. The monoisotopic (exact) mass is 439 g/mol. The molecule has 5 N–H and O–H groups in total. The van der Waals surface area contributed by atoms with Gasteiger partial charge in [-0.3, -0.25) is 15.2 Å². The number of nitrogens with one attached hydrogen (secondary N) is 5. The number of hydrogen-bond acceptors (Lipinski definition) is 8. The molecular formula is C23H30FN7O. The number of Topliss-reactive ketones (excluding diaryl/α,β-unsaturated/α-hetero) is 1. The minimum atomic E-state index is -0.368. The van der Waals surface area contributed by atoms with Crippen molar-refractivity contribution in [1.82, 2.24) is 20.9 Å². The highest BCUT2D eigenvalue weighted by Gasteiger charge is 2.13. The van der Waals surface area contributed by atoms with Crippen molar-refractivity contribution >= 4 is 23.9 Å². The Bertz CT molecular complexity index is 944. The number of carbonyl (C=O) groups excluding carboxylic acids is 1. The van der Waals surface area contributed by atoms with Gasteiger partial charge >= 0.3 is 0 Å². The minimum absolute atomic E-state index is 0.0396. The molecule has 2 aromatic rings. The van der Waals surface area contributed by atoms with Gasteiger partial charge in [0.05, 0.1) is 36.4 Å². The zero-order chi connectivity index (χ0) is 23.3. The van der Waals surface area contributed by atoms with Crippen molar-refractivity contribution in [1.29, 1.82) is 5.41 Å². The molecule has 170 valence electrons. The maximum absolute atomic E-state index is 13.0. The molecule has 0 radical (unpaired) electrons. The molecule has 1 aromatic carbocycles. The molecule has 1 aromatic heterocycles. The van der Waals surface area contributed by atoms with Crippen molar-refractivity contribution in [3.8, 4) is 0 Å². The van der Waals surface area contributed by atoms with E-state index < -0.39 is 0 Å². The van der Waals surface area contributed by atoms with Crippen LogP contribution in [0.25, 0.3) is 0 Å². The zero-order valence-electron chi connectivity index (χ0n) is 18.5. The fraction of sp³-hybridized carbons (Fsp3) is 0.304. The Morgan fingerprint density at radius 1 is 1.31 bits per heavy atom. The number of pyridine rings is 1. The van der Waals surface area contributed by atoms with Crippen LogP contribution < -0.4 is 21.4 Å². The van der Waals surface area contributed by atoms with E-state index in [-0.39, 0.29) is 30.2 Å². The molecular weight excluding hydrogens is 409 g/mol. The molecule has 0 aliphatic rings. The van der Waals surface area contributed by atoms with Gasteiger partial charge in [-0.25, -0.2) is 4.39 Å². The Kier molecular flexibility index (Phi) is 10.2. The van der Waals surface area contributed by atoms with Crippen LogP contribution in [0.3, 0.4) is 0 Å². The summed E-state index contributed by atoms with van der Waals surface area (Å²) in [4.78, 5) is 16.8. The van der Waals surface area contributed by atoms with Gasteiger partial charge in [0.2, 0.25) is 0 Å². The maximum Gasteiger partial charge on any atom is 0.178 e. The molecule has 0 aliphatic carbocycles. The summed E-state index contributed by atoms with van der Waals surface area (Å²) in [6.07, 6.45) is 7.27. The summed E-state index contributed by atoms with van der Waals surface area (Å²) in [6, 6.07) is 8.43. The van der Waals surface area contributed by atoms with Crippen LogP contribution in [0.2, 0.25) is 0 Å². The van der Waals surface area contributed by atoms with Gasteiger partial charge in [0.15, 0.2) is 5.78 Å². The molecule has 0 saturated carbocycles. The number of likely N-dealkylation sites (N-methyl/N-ethyl adjacent to an activating group) is 1. The SMILES string of the molecule is CNC(/C=C\NCC(C)NCC(=O)c1cc(C)ccc1N/N=C\C=N)c1ccc(F)cn1. The van der Waals surface area contributed by atoms with E-state index >= 15 is 0 Å². The number of nitrogens with zero attached hydrogens (tertiary/aromatic N) is 2. The van der Waals surface area contributed by atoms with E-state index in [0.29, 0.717) is 17.8 Å². The number of anilines is 1. The van der Waals surface area contributed by atoms with Gasteiger partial charge in [-0.05, 0) is 57.4 Å². The fourth-order valence-electron chi connectivity index (χ4n) is 2.89. The predicted molar refractivity (Wildman–Crippen MR) is 127 cm³/mol. The van der Waals surface area contributed by atoms with E-state index in [1.165, 1.54) is 18.5 Å². The summed E-state index contributed by atoms with van der Waals surface area (Å²) >= 11 is 0. The molecule has 0 amide bonds. The van der Waals surface area contributed by atoms with Crippen molar-refractivity contribution in [2.75, 3.05) is 25.6 Å². The van der Waals surface area contributed by atoms with Crippen molar-refractivity contribution in [2.45, 2.75) is 25.9 Å². The standard InChI is InChI=1S/C23H30FN7O/c1-16-4-6-20(31-30-11-9-25)19(12-16)23(32)15-28-17(2)13-27-10-8-21(26-3)22-7-5-18(24)14-29-22/h4-12,14,17,21,25-28,31H,13,15H2,1-3H3/b10-8-,25-9?,30-11-. The summed E-state index contributed by atoms with van der Waals surface area (Å²) in [5, 5.41) is 20.4. The third-order valence-corrected chi connectivity index (χ3v) is 4.63. The molecule has 0 saturated heterocycles. The molecule has 2 atom stereocenters. The van der Waals surface area contributed by atoms with Gasteiger partial charge in [0.25, 0.3) is 0 Å². The molecule has 0 fully saturated rings. The van der Waals surface area contributed by atoms with E-state index in [1.54, 1.807) is 19.2 Å². The van der Waals surface area contributed by atoms with Crippen molar-refractivity contribution < 1.29 is 9.18 Å². The van der Waals surface area contributed by atoms with E-state index in [9.17, 15) is 9.18 Å². The first-order chi connectivity index (χ1) is 15.4. The average Bonchev–Trinajstić information content (AvgIpc) is 2.79. The first kappa shape index (κ1) is 24.8. The number of hydrogen-bond donors (Lipinski definition) is 5. The summed E-state index contributed by atoms with van der Waals surface area (Å²) in [5.74, 6) is -0.422. The molecule has 0 spiro atoms. The lowest BCUT2D eigenvalue weighted by Crippen LogP contribution is -2.37. The summed E-state index contributed by atoms with van der Waals surface area (Å²) < 4.78 is 13.0. The zero-order valence-corrected chi connectivity index (χ0v) is 18.5. The van der Waals surface area contributed by atoms with Gasteiger partial charge in [-0.1, -0.05) is 11.6 Å². The van der Waals surface area contributed by atoms with Crippen LogP contribution in [0.5, 0.6) is 0 Å². The fourth-order valence-corrected chi connectivity index (χ4v) is 2.89. The van der Waals surface area contributed by atoms with E-state index in [4.69, 9.17) is 5.41 Å². The maximum atomic E-state index is 13.0. The predicted octanol–water partition coefficient (Wildman–Crippen LogP) is 2.80. The smallest absolute Gasteiger partial charge is 0.178 e. The minimum Gasteiger partial charge on any atom is -0.390 e. The highest BCUT2D eigenvalue weighted by Crippen LogP contribution is 2.18. The van der Waals surface area contributed by atoms with Crippen LogP contribution in [0, 0.1) is 18.2 Å². The number of aromatic nitrogens is 1. The topological polar surface area (TPSA) is 114 Å². The Labute approximate surface area is 187 Å². The average molecular weight is 440 g/mol. The molecule has 1 heterocycles. The Balaban J connectivity index is 1.84. The lowest BCUT2D eigenvalue weighted by atomic mass is 10.1. The normalized spacial score (nSPS) is 13.2. The Morgan fingerprint density at radius 3 is 2.81 bits per heavy atom. The van der Waals surface area contributed by atoms with Crippen LogP contribution in [0.1, 0.15) is 34.6 Å². The second kappa shape index (κ2) is 13.1. The van der Waals surface area contributed by atoms with E-state index in [0.717, 1.165) is 17.5 Å². The summed E-state index contributed by atoms with van der Waals surface area (Å²) in [5.41, 5.74) is 5.64. The number of carbonyl (C=O) groups is 1. The first-order valence-corrected chi connectivity index (χ1v) is 10.3. The molecule has 32 heavy (non-hydrogen) atoms. The quantitative estimate of drug-likeness (QED) is 0.186. The van der Waals surface area contributed by atoms with Gasteiger partial charge in [0, 0.05) is 24.4 Å². The second-order valence-electron chi connectivity index (χ2n) is 7.25. The Hall–Kier alpha value is -3.43. The van der Waals surface area contributed by atoms with Crippen LogP contribution in [-0.2, 0) is 0 Å². The first-order valence-electron chi connectivity index (χ1n) is 10.3. The summed E-state index contributed by atoms with van der Waals surface area (Å²) in [6.45, 7) is 4.69. The molecule has 9 heteroatoms. The number of hydrazone groups is 1. The van der Waals surface area contributed by atoms with Gasteiger partial charge < -0.3 is 21.4 Å².